The Morgan fingerprint density at radius 2 is 2.50 bits per heavy atom. The van der Waals surface area contributed by atoms with Crippen LogP contribution in [0.15, 0.2) is 0 Å². The van der Waals surface area contributed by atoms with Gasteiger partial charge in [0.2, 0.25) is 0 Å². The Kier molecular flexibility index (Phi) is 2.94. The second kappa shape index (κ2) is 3.36. The number of ether oxygens (including phenoxy) is 1. The van der Waals surface area contributed by atoms with Gasteiger partial charge in [-0.1, -0.05) is 22.6 Å². The molecule has 0 aromatic rings. The van der Waals surface area contributed by atoms with Gasteiger partial charge in [-0.25, -0.2) is 0 Å². The Bertz CT molecular complexity index is 114. The van der Waals surface area contributed by atoms with E-state index in [-0.39, 0.29) is 6.10 Å². The molecule has 1 rings (SSSR count). The zero-order valence-electron chi connectivity index (χ0n) is 6.14. The van der Waals surface area contributed by atoms with Crippen molar-refractivity contribution in [3.8, 4) is 0 Å². The van der Waals surface area contributed by atoms with Crippen molar-refractivity contribution >= 4 is 22.6 Å². The molecule has 0 aliphatic carbocycles. The van der Waals surface area contributed by atoms with Crippen molar-refractivity contribution in [3.63, 3.8) is 0 Å². The van der Waals surface area contributed by atoms with Gasteiger partial charge in [-0.15, -0.1) is 0 Å². The van der Waals surface area contributed by atoms with Crippen molar-refractivity contribution in [1.29, 1.82) is 0 Å². The lowest BCUT2D eigenvalue weighted by Crippen LogP contribution is -2.38. The first-order chi connectivity index (χ1) is 4.64. The molecule has 0 radical (unpaired) electrons. The highest BCUT2D eigenvalue weighted by atomic mass is 127. The van der Waals surface area contributed by atoms with E-state index in [4.69, 9.17) is 4.74 Å². The van der Waals surface area contributed by atoms with Crippen LogP contribution in [0.5, 0.6) is 0 Å². The molecule has 0 spiro atoms. The van der Waals surface area contributed by atoms with Crippen LogP contribution in [0.25, 0.3) is 0 Å². The number of hydrogen-bond donors (Lipinski definition) is 1. The van der Waals surface area contributed by atoms with Gasteiger partial charge in [0.1, 0.15) is 0 Å². The number of hydrogen-bond acceptors (Lipinski definition) is 2. The van der Waals surface area contributed by atoms with Crippen LogP contribution in [-0.4, -0.2) is 27.8 Å². The highest BCUT2D eigenvalue weighted by molar-refractivity contribution is 14.1. The lowest BCUT2D eigenvalue weighted by molar-refractivity contribution is -0.0839. The zero-order chi connectivity index (χ0) is 7.61. The van der Waals surface area contributed by atoms with Crippen molar-refractivity contribution in [3.05, 3.63) is 0 Å². The topological polar surface area (TPSA) is 29.5 Å². The predicted octanol–water partition coefficient (Wildman–Crippen LogP) is 1.35. The van der Waals surface area contributed by atoms with Gasteiger partial charge in [0.15, 0.2) is 0 Å². The summed E-state index contributed by atoms with van der Waals surface area (Å²) in [4.78, 5) is 0. The summed E-state index contributed by atoms with van der Waals surface area (Å²) in [6, 6.07) is 0. The summed E-state index contributed by atoms with van der Waals surface area (Å²) in [5.74, 6) is 0. The third-order valence-corrected chi connectivity index (χ3v) is 2.82. The smallest absolute Gasteiger partial charge is 0.0691 e. The predicted molar refractivity (Wildman–Crippen MR) is 48.5 cm³/mol. The average molecular weight is 256 g/mol. The number of rotatable bonds is 1. The minimum absolute atomic E-state index is 0.268. The fraction of sp³-hybridized carbons (Fsp3) is 1.00. The Morgan fingerprint density at radius 3 is 2.90 bits per heavy atom. The zero-order valence-corrected chi connectivity index (χ0v) is 8.30. The Labute approximate surface area is 75.1 Å². The minimum Gasteiger partial charge on any atom is -0.390 e. The first kappa shape index (κ1) is 8.74. The summed E-state index contributed by atoms with van der Waals surface area (Å²) < 4.78 is 6.38. The van der Waals surface area contributed by atoms with Crippen LogP contribution in [0.1, 0.15) is 19.8 Å². The molecule has 1 aliphatic heterocycles. The summed E-state index contributed by atoms with van der Waals surface area (Å²) in [6.45, 7) is 2.59. The van der Waals surface area contributed by atoms with Crippen molar-refractivity contribution in [2.24, 2.45) is 0 Å². The fourth-order valence-electron chi connectivity index (χ4n) is 1.20. The Hall–Kier alpha value is 0.650. The first-order valence-electron chi connectivity index (χ1n) is 3.54. The van der Waals surface area contributed by atoms with Crippen LogP contribution in [0.2, 0.25) is 0 Å². The number of aliphatic hydroxyl groups is 1. The van der Waals surface area contributed by atoms with Gasteiger partial charge < -0.3 is 9.84 Å². The summed E-state index contributed by atoms with van der Waals surface area (Å²) in [5.41, 5.74) is -0.478. The molecule has 1 aliphatic rings. The molecule has 1 saturated heterocycles. The normalized spacial score (nSPS) is 41.7. The third kappa shape index (κ3) is 2.36. The first-order valence-corrected chi connectivity index (χ1v) is 5.06. The van der Waals surface area contributed by atoms with E-state index in [0.717, 1.165) is 17.3 Å². The summed E-state index contributed by atoms with van der Waals surface area (Å²) >= 11 is 2.29. The van der Waals surface area contributed by atoms with E-state index >= 15 is 0 Å². The summed E-state index contributed by atoms with van der Waals surface area (Å²) in [7, 11) is 0. The van der Waals surface area contributed by atoms with Gasteiger partial charge in [-0.05, 0) is 13.3 Å². The van der Waals surface area contributed by atoms with E-state index in [1.165, 1.54) is 0 Å². The molecule has 2 unspecified atom stereocenters. The van der Waals surface area contributed by atoms with Gasteiger partial charge in [0, 0.05) is 17.5 Å². The summed E-state index contributed by atoms with van der Waals surface area (Å²) in [6.07, 6.45) is 1.83. The van der Waals surface area contributed by atoms with Gasteiger partial charge in [0.25, 0.3) is 0 Å². The molecule has 1 N–H and O–H groups in total. The molecule has 1 heterocycles. The van der Waals surface area contributed by atoms with E-state index in [1.54, 1.807) is 0 Å². The highest BCUT2D eigenvalue weighted by Gasteiger charge is 2.29. The van der Waals surface area contributed by atoms with Crippen LogP contribution >= 0.6 is 22.6 Å². The van der Waals surface area contributed by atoms with E-state index in [2.05, 4.69) is 22.6 Å². The molecule has 3 heteroatoms. The van der Waals surface area contributed by atoms with Crippen LogP contribution in [-0.2, 0) is 4.74 Å². The molecule has 0 amide bonds. The van der Waals surface area contributed by atoms with E-state index in [9.17, 15) is 5.11 Å². The van der Waals surface area contributed by atoms with E-state index in [0.29, 0.717) is 6.61 Å². The molecular formula is C7H13IO2. The van der Waals surface area contributed by atoms with Crippen molar-refractivity contribution in [1.82, 2.24) is 0 Å². The molecule has 1 fully saturated rings. The number of alkyl halides is 1. The third-order valence-electron chi connectivity index (χ3n) is 1.83. The maximum Gasteiger partial charge on any atom is 0.0691 e. The monoisotopic (exact) mass is 256 g/mol. The molecule has 60 valence electrons. The maximum absolute atomic E-state index is 9.59. The van der Waals surface area contributed by atoms with Gasteiger partial charge in [0.05, 0.1) is 11.7 Å². The Balaban J connectivity index is 2.40. The standard InChI is InChI=1S/C7H13IO2/c1-7(9)2-3-10-6(4-7)5-8/h6,9H,2-5H2,1H3. The molecule has 2 nitrogen and oxygen atoms in total. The molecule has 0 aromatic carbocycles. The molecule has 0 aromatic heterocycles. The van der Waals surface area contributed by atoms with Crippen molar-refractivity contribution in [2.75, 3.05) is 11.0 Å². The second-order valence-corrected chi connectivity index (χ2v) is 3.98. The van der Waals surface area contributed by atoms with Crippen LogP contribution in [0.4, 0.5) is 0 Å². The average Bonchev–Trinajstić information content (AvgIpc) is 1.86. The van der Waals surface area contributed by atoms with Gasteiger partial charge >= 0.3 is 0 Å². The fourth-order valence-corrected chi connectivity index (χ4v) is 1.76. The minimum atomic E-state index is -0.478. The molecule has 0 bridgehead atoms. The van der Waals surface area contributed by atoms with Crippen molar-refractivity contribution in [2.45, 2.75) is 31.5 Å². The molecule has 0 saturated carbocycles. The molecule has 2 atom stereocenters. The SMILES string of the molecule is CC1(O)CCOC(CI)C1. The second-order valence-electron chi connectivity index (χ2n) is 3.10. The van der Waals surface area contributed by atoms with Crippen LogP contribution in [0.3, 0.4) is 0 Å². The lowest BCUT2D eigenvalue weighted by Gasteiger charge is -2.33. The van der Waals surface area contributed by atoms with Gasteiger partial charge in [-0.3, -0.25) is 0 Å². The van der Waals surface area contributed by atoms with Gasteiger partial charge in [-0.2, -0.15) is 0 Å². The van der Waals surface area contributed by atoms with E-state index < -0.39 is 5.60 Å². The number of halogens is 1. The lowest BCUT2D eigenvalue weighted by atomic mass is 9.93. The highest BCUT2D eigenvalue weighted by Crippen LogP contribution is 2.24. The van der Waals surface area contributed by atoms with Crippen molar-refractivity contribution < 1.29 is 9.84 Å². The Morgan fingerprint density at radius 1 is 1.80 bits per heavy atom. The largest absolute Gasteiger partial charge is 0.390 e. The summed E-state index contributed by atoms with van der Waals surface area (Å²) in [5, 5.41) is 9.59. The van der Waals surface area contributed by atoms with E-state index in [1.807, 2.05) is 6.92 Å². The van der Waals surface area contributed by atoms with Crippen LogP contribution in [0, 0.1) is 0 Å². The van der Waals surface area contributed by atoms with Crippen LogP contribution < -0.4 is 0 Å². The quantitative estimate of drug-likeness (QED) is 0.567. The maximum atomic E-state index is 9.59. The molecule has 10 heavy (non-hydrogen) atoms. The molecular weight excluding hydrogens is 243 g/mol.